The molecule has 1 aliphatic rings. The Balaban J connectivity index is 1.86. The highest BCUT2D eigenvalue weighted by Crippen LogP contribution is 2.14. The summed E-state index contributed by atoms with van der Waals surface area (Å²) in [5, 5.41) is 3.04. The third-order valence-electron chi connectivity index (χ3n) is 3.73. The van der Waals surface area contributed by atoms with Gasteiger partial charge in [0.25, 0.3) is 5.91 Å². The molecule has 1 fully saturated rings. The molecular weight excluding hydrogens is 224 g/mol. The highest BCUT2D eigenvalue weighted by Gasteiger charge is 2.19. The summed E-state index contributed by atoms with van der Waals surface area (Å²) in [5.41, 5.74) is 1.93. The monoisotopic (exact) mass is 246 g/mol. The lowest BCUT2D eigenvalue weighted by atomic mass is 10.0. The Hall–Kier alpha value is -1.35. The lowest BCUT2D eigenvalue weighted by Crippen LogP contribution is -2.44. The molecule has 3 heteroatoms. The van der Waals surface area contributed by atoms with Crippen LogP contribution >= 0.6 is 0 Å². The van der Waals surface area contributed by atoms with Gasteiger partial charge >= 0.3 is 0 Å². The fourth-order valence-electron chi connectivity index (χ4n) is 2.42. The topological polar surface area (TPSA) is 32.3 Å². The second kappa shape index (κ2) is 6.01. The van der Waals surface area contributed by atoms with E-state index in [1.807, 2.05) is 31.2 Å². The Morgan fingerprint density at radius 2 is 2.06 bits per heavy atom. The summed E-state index contributed by atoms with van der Waals surface area (Å²) in [6.45, 7) is 3.92. The van der Waals surface area contributed by atoms with E-state index in [1.54, 1.807) is 0 Å². The van der Waals surface area contributed by atoms with E-state index in [2.05, 4.69) is 17.3 Å². The van der Waals surface area contributed by atoms with Crippen LogP contribution in [0.3, 0.4) is 0 Å². The zero-order valence-corrected chi connectivity index (χ0v) is 11.3. The van der Waals surface area contributed by atoms with Gasteiger partial charge in [-0.15, -0.1) is 0 Å². The van der Waals surface area contributed by atoms with Crippen molar-refractivity contribution in [3.63, 3.8) is 0 Å². The third kappa shape index (κ3) is 3.33. The molecule has 0 bridgehead atoms. The molecule has 98 valence electrons. The van der Waals surface area contributed by atoms with Crippen LogP contribution in [0.15, 0.2) is 24.3 Å². The Labute approximate surface area is 109 Å². The van der Waals surface area contributed by atoms with E-state index in [0.29, 0.717) is 6.04 Å². The number of likely N-dealkylation sites (tertiary alicyclic amines) is 1. The van der Waals surface area contributed by atoms with Crippen molar-refractivity contribution in [2.24, 2.45) is 0 Å². The Morgan fingerprint density at radius 3 is 2.72 bits per heavy atom. The first-order valence-electron chi connectivity index (χ1n) is 6.72. The van der Waals surface area contributed by atoms with Crippen molar-refractivity contribution in [2.45, 2.75) is 32.2 Å². The van der Waals surface area contributed by atoms with Crippen LogP contribution < -0.4 is 5.32 Å². The van der Waals surface area contributed by atoms with Gasteiger partial charge in [-0.1, -0.05) is 24.1 Å². The molecule has 1 aromatic rings. The van der Waals surface area contributed by atoms with Crippen molar-refractivity contribution in [3.05, 3.63) is 35.4 Å². The second-order valence-corrected chi connectivity index (χ2v) is 5.21. The summed E-state index contributed by atoms with van der Waals surface area (Å²) >= 11 is 0. The van der Waals surface area contributed by atoms with E-state index in [-0.39, 0.29) is 5.91 Å². The summed E-state index contributed by atoms with van der Waals surface area (Å²) in [5.74, 6) is 0.0361. The maximum atomic E-state index is 12.0. The maximum Gasteiger partial charge on any atom is 0.251 e. The van der Waals surface area contributed by atoms with Gasteiger partial charge in [0.1, 0.15) is 0 Å². The summed E-state index contributed by atoms with van der Waals surface area (Å²) in [6.07, 6.45) is 3.74. The number of nitrogens with zero attached hydrogens (tertiary/aromatic N) is 1. The van der Waals surface area contributed by atoms with Crippen LogP contribution in [0.1, 0.15) is 35.2 Å². The molecule has 0 aromatic heterocycles. The molecule has 1 aromatic carbocycles. The third-order valence-corrected chi connectivity index (χ3v) is 3.73. The van der Waals surface area contributed by atoms with Crippen LogP contribution in [0.2, 0.25) is 0 Å². The number of carbonyl (C=O) groups is 1. The SMILES string of the molecule is Cc1ccc(C(=O)NCC2CCCCN2C)cc1. The van der Waals surface area contributed by atoms with Gasteiger partial charge in [0.05, 0.1) is 0 Å². The minimum Gasteiger partial charge on any atom is -0.350 e. The molecule has 0 radical (unpaired) electrons. The van der Waals surface area contributed by atoms with Gasteiger partial charge in [0.15, 0.2) is 0 Å². The predicted octanol–water partition coefficient (Wildman–Crippen LogP) is 2.21. The van der Waals surface area contributed by atoms with Gasteiger partial charge in [-0.2, -0.15) is 0 Å². The van der Waals surface area contributed by atoms with Crippen molar-refractivity contribution < 1.29 is 4.79 Å². The van der Waals surface area contributed by atoms with Gasteiger partial charge in [-0.05, 0) is 45.5 Å². The molecular formula is C15H22N2O. The van der Waals surface area contributed by atoms with Crippen LogP contribution in [0.25, 0.3) is 0 Å². The molecule has 1 heterocycles. The van der Waals surface area contributed by atoms with Crippen LogP contribution in [-0.2, 0) is 0 Å². The first-order valence-corrected chi connectivity index (χ1v) is 6.72. The fourth-order valence-corrected chi connectivity index (χ4v) is 2.42. The quantitative estimate of drug-likeness (QED) is 0.887. The molecule has 1 atom stereocenters. The molecule has 1 aliphatic heterocycles. The van der Waals surface area contributed by atoms with Gasteiger partial charge in [-0.3, -0.25) is 4.79 Å². The molecule has 0 aliphatic carbocycles. The molecule has 1 unspecified atom stereocenters. The number of aryl methyl sites for hydroxylation is 1. The number of hydrogen-bond acceptors (Lipinski definition) is 2. The van der Waals surface area contributed by atoms with E-state index < -0.39 is 0 Å². The Morgan fingerprint density at radius 1 is 1.33 bits per heavy atom. The lowest BCUT2D eigenvalue weighted by molar-refractivity contribution is 0.0928. The van der Waals surface area contributed by atoms with Gasteiger partial charge < -0.3 is 10.2 Å². The summed E-state index contributed by atoms with van der Waals surface area (Å²) in [6, 6.07) is 8.21. The second-order valence-electron chi connectivity index (χ2n) is 5.21. The average Bonchev–Trinajstić information content (AvgIpc) is 2.38. The van der Waals surface area contributed by atoms with Crippen molar-refractivity contribution in [1.29, 1.82) is 0 Å². The van der Waals surface area contributed by atoms with Gasteiger partial charge in [-0.25, -0.2) is 0 Å². The number of likely N-dealkylation sites (N-methyl/N-ethyl adjacent to an activating group) is 1. The molecule has 2 rings (SSSR count). The van der Waals surface area contributed by atoms with Crippen LogP contribution in [0, 0.1) is 6.92 Å². The number of piperidine rings is 1. The van der Waals surface area contributed by atoms with E-state index in [0.717, 1.165) is 18.7 Å². The summed E-state index contributed by atoms with van der Waals surface area (Å²) < 4.78 is 0. The minimum atomic E-state index is 0.0361. The molecule has 0 saturated carbocycles. The highest BCUT2D eigenvalue weighted by molar-refractivity contribution is 5.94. The van der Waals surface area contributed by atoms with E-state index in [4.69, 9.17) is 0 Å². The molecule has 1 N–H and O–H groups in total. The smallest absolute Gasteiger partial charge is 0.251 e. The summed E-state index contributed by atoms with van der Waals surface area (Å²) in [4.78, 5) is 14.3. The number of benzene rings is 1. The normalized spacial score (nSPS) is 20.7. The molecule has 18 heavy (non-hydrogen) atoms. The van der Waals surface area contributed by atoms with E-state index >= 15 is 0 Å². The average molecular weight is 246 g/mol. The largest absolute Gasteiger partial charge is 0.350 e. The Kier molecular flexibility index (Phi) is 4.37. The maximum absolute atomic E-state index is 12.0. The van der Waals surface area contributed by atoms with Crippen molar-refractivity contribution in [3.8, 4) is 0 Å². The number of amides is 1. The predicted molar refractivity (Wildman–Crippen MR) is 73.8 cm³/mol. The lowest BCUT2D eigenvalue weighted by Gasteiger charge is -2.32. The van der Waals surface area contributed by atoms with Gasteiger partial charge in [0.2, 0.25) is 0 Å². The standard InChI is InChI=1S/C15H22N2O/c1-12-6-8-13(9-7-12)15(18)16-11-14-5-3-4-10-17(14)2/h6-9,14H,3-5,10-11H2,1-2H3,(H,16,18). The van der Waals surface area contributed by atoms with Crippen LogP contribution in [0.5, 0.6) is 0 Å². The zero-order chi connectivity index (χ0) is 13.0. The molecule has 1 amide bonds. The summed E-state index contributed by atoms with van der Waals surface area (Å²) in [7, 11) is 2.14. The van der Waals surface area contributed by atoms with Crippen molar-refractivity contribution in [2.75, 3.05) is 20.1 Å². The minimum absolute atomic E-state index is 0.0361. The van der Waals surface area contributed by atoms with E-state index in [9.17, 15) is 4.79 Å². The highest BCUT2D eigenvalue weighted by atomic mass is 16.1. The van der Waals surface area contributed by atoms with Crippen LogP contribution in [0.4, 0.5) is 0 Å². The zero-order valence-electron chi connectivity index (χ0n) is 11.3. The fraction of sp³-hybridized carbons (Fsp3) is 0.533. The van der Waals surface area contributed by atoms with Crippen molar-refractivity contribution in [1.82, 2.24) is 10.2 Å². The van der Waals surface area contributed by atoms with Gasteiger partial charge in [0, 0.05) is 18.2 Å². The number of rotatable bonds is 3. The first-order chi connectivity index (χ1) is 8.66. The molecule has 1 saturated heterocycles. The number of hydrogen-bond donors (Lipinski definition) is 1. The van der Waals surface area contributed by atoms with Crippen molar-refractivity contribution >= 4 is 5.91 Å². The van der Waals surface area contributed by atoms with E-state index in [1.165, 1.54) is 24.8 Å². The van der Waals surface area contributed by atoms with Crippen LogP contribution in [-0.4, -0.2) is 37.0 Å². The molecule has 3 nitrogen and oxygen atoms in total. The number of nitrogens with one attached hydrogen (secondary N) is 1. The molecule has 0 spiro atoms. The Bertz CT molecular complexity index is 399. The number of carbonyl (C=O) groups excluding carboxylic acids is 1. The first kappa shape index (κ1) is 13.1.